The average molecular weight is 321 g/mol. The van der Waals surface area contributed by atoms with Crippen LogP contribution in [-0.2, 0) is 15.8 Å². The minimum absolute atomic E-state index is 0.0960. The van der Waals surface area contributed by atoms with Gasteiger partial charge < -0.3 is 4.98 Å². The van der Waals surface area contributed by atoms with E-state index in [4.69, 9.17) is 11.6 Å². The molecule has 21 heavy (non-hydrogen) atoms. The summed E-state index contributed by atoms with van der Waals surface area (Å²) in [5.41, 5.74) is 2.01. The van der Waals surface area contributed by atoms with Crippen LogP contribution in [0, 0.1) is 0 Å². The molecular formula is C15H13ClN2O2S. The van der Waals surface area contributed by atoms with Gasteiger partial charge in [-0.1, -0.05) is 35.9 Å². The molecule has 3 rings (SSSR count). The van der Waals surface area contributed by atoms with Crippen LogP contribution >= 0.6 is 11.6 Å². The van der Waals surface area contributed by atoms with Gasteiger partial charge in [-0.3, -0.25) is 4.72 Å². The lowest BCUT2D eigenvalue weighted by atomic mass is 10.2. The van der Waals surface area contributed by atoms with Crippen molar-refractivity contribution in [3.05, 3.63) is 65.3 Å². The summed E-state index contributed by atoms with van der Waals surface area (Å²) in [7, 11) is -3.48. The van der Waals surface area contributed by atoms with Gasteiger partial charge in [0.05, 0.1) is 17.0 Å². The number of anilines is 1. The third kappa shape index (κ3) is 3.20. The van der Waals surface area contributed by atoms with Crippen LogP contribution in [-0.4, -0.2) is 13.4 Å². The minimum Gasteiger partial charge on any atom is -0.359 e. The summed E-state index contributed by atoms with van der Waals surface area (Å²) in [6, 6.07) is 14.1. The number of halogens is 1. The van der Waals surface area contributed by atoms with Crippen LogP contribution in [0.25, 0.3) is 10.9 Å². The molecule has 0 aliphatic rings. The highest BCUT2D eigenvalue weighted by Crippen LogP contribution is 2.23. The number of hydrogen-bond donors (Lipinski definition) is 2. The van der Waals surface area contributed by atoms with E-state index in [-0.39, 0.29) is 5.75 Å². The molecule has 0 bridgehead atoms. The Hall–Kier alpha value is -1.98. The fourth-order valence-electron chi connectivity index (χ4n) is 2.17. The highest BCUT2D eigenvalue weighted by Gasteiger charge is 2.13. The van der Waals surface area contributed by atoms with E-state index < -0.39 is 10.0 Å². The Morgan fingerprint density at radius 1 is 1.05 bits per heavy atom. The van der Waals surface area contributed by atoms with Gasteiger partial charge in [0.25, 0.3) is 0 Å². The Balaban J connectivity index is 1.86. The van der Waals surface area contributed by atoms with E-state index in [2.05, 4.69) is 9.71 Å². The maximum Gasteiger partial charge on any atom is 0.236 e. The number of aromatic nitrogens is 1. The van der Waals surface area contributed by atoms with E-state index in [0.717, 1.165) is 10.9 Å². The van der Waals surface area contributed by atoms with E-state index in [9.17, 15) is 8.42 Å². The van der Waals surface area contributed by atoms with Gasteiger partial charge in [0.1, 0.15) is 0 Å². The summed E-state index contributed by atoms with van der Waals surface area (Å²) in [5, 5.41) is 1.54. The van der Waals surface area contributed by atoms with E-state index in [1.807, 2.05) is 18.2 Å². The molecule has 3 aromatic rings. The fraction of sp³-hybridized carbons (Fsp3) is 0.0667. The molecule has 0 atom stereocenters. The summed E-state index contributed by atoms with van der Waals surface area (Å²) in [6.45, 7) is 0. The van der Waals surface area contributed by atoms with Crippen molar-refractivity contribution in [2.24, 2.45) is 0 Å². The first kappa shape index (κ1) is 14.0. The highest BCUT2D eigenvalue weighted by molar-refractivity contribution is 7.91. The molecule has 0 aliphatic heterocycles. The second-order valence-electron chi connectivity index (χ2n) is 4.74. The summed E-state index contributed by atoms with van der Waals surface area (Å²) < 4.78 is 27.1. The molecule has 0 amide bonds. The zero-order chi connectivity index (χ0) is 14.9. The Morgan fingerprint density at radius 3 is 2.57 bits per heavy atom. The molecule has 0 saturated carbocycles. The lowest BCUT2D eigenvalue weighted by molar-refractivity contribution is 0.600. The number of hydrogen-bond acceptors (Lipinski definition) is 2. The summed E-state index contributed by atoms with van der Waals surface area (Å²) in [5.74, 6) is -0.0960. The second-order valence-corrected chi connectivity index (χ2v) is 6.89. The molecule has 108 valence electrons. The Kier molecular flexibility index (Phi) is 3.61. The molecule has 0 aliphatic carbocycles. The fourth-order valence-corrected chi connectivity index (χ4v) is 3.51. The van der Waals surface area contributed by atoms with Crippen molar-refractivity contribution in [1.29, 1.82) is 0 Å². The largest absolute Gasteiger partial charge is 0.359 e. The average Bonchev–Trinajstić information content (AvgIpc) is 2.90. The van der Waals surface area contributed by atoms with Gasteiger partial charge in [-0.15, -0.1) is 0 Å². The molecule has 1 heterocycles. The summed E-state index contributed by atoms with van der Waals surface area (Å²) >= 11 is 5.80. The SMILES string of the molecule is O=S(=O)(Cc1ccc(Cl)cc1)Nc1cccc2cc[nH]c12. The van der Waals surface area contributed by atoms with Crippen molar-refractivity contribution < 1.29 is 8.42 Å². The van der Waals surface area contributed by atoms with Crippen molar-refractivity contribution in [3.8, 4) is 0 Å². The standard InChI is InChI=1S/C15H13ClN2O2S/c16-13-6-4-11(5-7-13)10-21(19,20)18-14-3-1-2-12-8-9-17-15(12)14/h1-9,17-18H,10H2. The summed E-state index contributed by atoms with van der Waals surface area (Å²) in [6.07, 6.45) is 1.78. The van der Waals surface area contributed by atoms with E-state index in [1.165, 1.54) is 0 Å². The monoisotopic (exact) mass is 320 g/mol. The molecule has 6 heteroatoms. The zero-order valence-electron chi connectivity index (χ0n) is 11.0. The number of nitrogens with one attached hydrogen (secondary N) is 2. The first-order chi connectivity index (χ1) is 10.0. The Morgan fingerprint density at radius 2 is 1.81 bits per heavy atom. The quantitative estimate of drug-likeness (QED) is 0.768. The van der Waals surface area contributed by atoms with E-state index in [1.54, 1.807) is 36.5 Å². The van der Waals surface area contributed by atoms with Gasteiger partial charge in [0, 0.05) is 16.6 Å². The van der Waals surface area contributed by atoms with Crippen LogP contribution in [0.5, 0.6) is 0 Å². The van der Waals surface area contributed by atoms with E-state index >= 15 is 0 Å². The lowest BCUT2D eigenvalue weighted by Crippen LogP contribution is -2.15. The summed E-state index contributed by atoms with van der Waals surface area (Å²) in [4.78, 5) is 3.04. The molecule has 0 fully saturated rings. The van der Waals surface area contributed by atoms with Gasteiger partial charge in [-0.25, -0.2) is 8.42 Å². The van der Waals surface area contributed by atoms with Crippen molar-refractivity contribution in [3.63, 3.8) is 0 Å². The normalized spacial score (nSPS) is 11.7. The maximum atomic E-state index is 12.3. The van der Waals surface area contributed by atoms with Crippen LogP contribution in [0.15, 0.2) is 54.7 Å². The molecule has 1 aromatic heterocycles. The predicted octanol–water partition coefficient (Wildman–Crippen LogP) is 3.76. The van der Waals surface area contributed by atoms with Crippen LogP contribution in [0.2, 0.25) is 5.02 Å². The van der Waals surface area contributed by atoms with Crippen LogP contribution < -0.4 is 4.72 Å². The number of para-hydroxylation sites is 1. The molecule has 2 N–H and O–H groups in total. The van der Waals surface area contributed by atoms with Crippen LogP contribution in [0.4, 0.5) is 5.69 Å². The Bertz CT molecular complexity index is 870. The van der Waals surface area contributed by atoms with Gasteiger partial charge in [0.2, 0.25) is 10.0 Å². The first-order valence-electron chi connectivity index (χ1n) is 6.34. The van der Waals surface area contributed by atoms with Crippen molar-refractivity contribution in [2.45, 2.75) is 5.75 Å². The van der Waals surface area contributed by atoms with Crippen molar-refractivity contribution in [1.82, 2.24) is 4.98 Å². The molecule has 0 spiro atoms. The van der Waals surface area contributed by atoms with Gasteiger partial charge >= 0.3 is 0 Å². The van der Waals surface area contributed by atoms with Gasteiger partial charge in [0.15, 0.2) is 0 Å². The van der Waals surface area contributed by atoms with Crippen LogP contribution in [0.1, 0.15) is 5.56 Å². The highest BCUT2D eigenvalue weighted by atomic mass is 35.5. The minimum atomic E-state index is -3.48. The molecule has 0 unspecified atom stereocenters. The third-order valence-corrected chi connectivity index (χ3v) is 4.62. The number of sulfonamides is 1. The number of benzene rings is 2. The van der Waals surface area contributed by atoms with Crippen molar-refractivity contribution >= 4 is 38.2 Å². The number of fused-ring (bicyclic) bond motifs is 1. The smallest absolute Gasteiger partial charge is 0.236 e. The molecule has 4 nitrogen and oxygen atoms in total. The van der Waals surface area contributed by atoms with Gasteiger partial charge in [-0.2, -0.15) is 0 Å². The zero-order valence-corrected chi connectivity index (χ0v) is 12.6. The maximum absolute atomic E-state index is 12.3. The predicted molar refractivity (Wildman–Crippen MR) is 86.0 cm³/mol. The van der Waals surface area contributed by atoms with Crippen LogP contribution in [0.3, 0.4) is 0 Å². The Labute approximate surface area is 127 Å². The number of rotatable bonds is 4. The second kappa shape index (κ2) is 5.42. The van der Waals surface area contributed by atoms with Gasteiger partial charge in [-0.05, 0) is 29.8 Å². The lowest BCUT2D eigenvalue weighted by Gasteiger charge is -2.09. The number of H-pyrrole nitrogens is 1. The van der Waals surface area contributed by atoms with E-state index in [0.29, 0.717) is 16.3 Å². The first-order valence-corrected chi connectivity index (χ1v) is 8.37. The number of aromatic amines is 1. The third-order valence-electron chi connectivity index (χ3n) is 3.12. The molecule has 0 saturated heterocycles. The molecular weight excluding hydrogens is 308 g/mol. The van der Waals surface area contributed by atoms with Crippen molar-refractivity contribution in [2.75, 3.05) is 4.72 Å². The topological polar surface area (TPSA) is 62.0 Å². The molecule has 0 radical (unpaired) electrons. The molecule has 2 aromatic carbocycles.